The maximum Gasteiger partial charge on any atom is 0.252 e. The molecule has 3 amide bonds. The van der Waals surface area contributed by atoms with Gasteiger partial charge >= 0.3 is 0 Å². The van der Waals surface area contributed by atoms with E-state index in [-0.39, 0.29) is 31.6 Å². The maximum absolute atomic E-state index is 13.0. The van der Waals surface area contributed by atoms with Gasteiger partial charge in [-0.25, -0.2) is 5.06 Å². The second-order valence-corrected chi connectivity index (χ2v) is 9.19. The second kappa shape index (κ2) is 14.0. The molecule has 2 aromatic rings. The van der Waals surface area contributed by atoms with Crippen LogP contribution in [0, 0.1) is 11.8 Å². The third-order valence-electron chi connectivity index (χ3n) is 6.04. The molecule has 0 aromatic heterocycles. The Balaban J connectivity index is 1.54. The van der Waals surface area contributed by atoms with Gasteiger partial charge < -0.3 is 15.4 Å². The number of rotatable bonds is 14. The molecule has 1 aliphatic carbocycles. The van der Waals surface area contributed by atoms with Crippen molar-refractivity contribution in [3.05, 3.63) is 72.3 Å². The van der Waals surface area contributed by atoms with E-state index in [9.17, 15) is 14.4 Å². The van der Waals surface area contributed by atoms with E-state index in [1.54, 1.807) is 31.2 Å². The first-order chi connectivity index (χ1) is 17.4. The average Bonchev–Trinajstić information content (AvgIpc) is 3.39. The number of nitrogens with one attached hydrogen (secondary N) is 2. The molecule has 0 spiro atoms. The summed E-state index contributed by atoms with van der Waals surface area (Å²) < 4.78 is 5.79. The first kappa shape index (κ1) is 26.9. The van der Waals surface area contributed by atoms with Crippen molar-refractivity contribution in [3.8, 4) is 11.5 Å². The third-order valence-corrected chi connectivity index (χ3v) is 6.04. The standard InChI is InChI=1S/C28H35N3O5/c1-21(2)18-35-31(20-32)17-24(15-22-9-6-7-10-22)28(34)30-19-29-27(33)23-11-8-14-26(16-23)36-25-12-4-3-5-13-25/h3-5,8,11-14,16,20,22,24H,1,6-7,9-10,15,17-19H2,2H3,(H,29,33)(H,30,34)/t24-/m1/s1. The lowest BCUT2D eigenvalue weighted by atomic mass is 9.92. The van der Waals surface area contributed by atoms with Crippen molar-refractivity contribution in [3.63, 3.8) is 0 Å². The number of hydrogen-bond donors (Lipinski definition) is 2. The molecule has 0 aliphatic heterocycles. The van der Waals surface area contributed by atoms with Gasteiger partial charge in [-0.2, -0.15) is 0 Å². The summed E-state index contributed by atoms with van der Waals surface area (Å²) in [6.45, 7) is 5.90. The van der Waals surface area contributed by atoms with Crippen LogP contribution in [-0.2, 0) is 14.4 Å². The van der Waals surface area contributed by atoms with Gasteiger partial charge in [0.15, 0.2) is 0 Å². The average molecular weight is 494 g/mol. The number of amides is 3. The van der Waals surface area contributed by atoms with Gasteiger partial charge in [0.2, 0.25) is 12.3 Å². The molecule has 192 valence electrons. The first-order valence-electron chi connectivity index (χ1n) is 12.3. The Morgan fingerprint density at radius 2 is 1.81 bits per heavy atom. The molecule has 1 atom stereocenters. The van der Waals surface area contributed by atoms with Crippen LogP contribution in [-0.4, -0.2) is 43.1 Å². The monoisotopic (exact) mass is 493 g/mol. The molecule has 3 rings (SSSR count). The highest BCUT2D eigenvalue weighted by atomic mass is 16.7. The van der Waals surface area contributed by atoms with Crippen molar-refractivity contribution in [2.24, 2.45) is 11.8 Å². The molecular weight excluding hydrogens is 458 g/mol. The fraction of sp³-hybridized carbons (Fsp3) is 0.393. The molecule has 2 N–H and O–H groups in total. The minimum atomic E-state index is -0.442. The molecule has 8 heteroatoms. The van der Waals surface area contributed by atoms with Crippen LogP contribution in [0.3, 0.4) is 0 Å². The van der Waals surface area contributed by atoms with Crippen LogP contribution >= 0.6 is 0 Å². The van der Waals surface area contributed by atoms with Gasteiger partial charge in [0, 0.05) is 5.56 Å². The highest BCUT2D eigenvalue weighted by Crippen LogP contribution is 2.30. The Kier molecular flexibility index (Phi) is 10.5. The quantitative estimate of drug-likeness (QED) is 0.175. The molecule has 2 aromatic carbocycles. The van der Waals surface area contributed by atoms with E-state index in [0.717, 1.165) is 36.3 Å². The van der Waals surface area contributed by atoms with Gasteiger partial charge in [0.25, 0.3) is 5.91 Å². The number of ether oxygens (including phenoxy) is 1. The number of para-hydroxylation sites is 1. The van der Waals surface area contributed by atoms with E-state index in [1.165, 1.54) is 0 Å². The summed E-state index contributed by atoms with van der Waals surface area (Å²) in [5, 5.41) is 6.67. The fourth-order valence-electron chi connectivity index (χ4n) is 4.23. The first-order valence-corrected chi connectivity index (χ1v) is 12.3. The zero-order valence-electron chi connectivity index (χ0n) is 20.8. The number of nitrogens with zero attached hydrogens (tertiary/aromatic N) is 1. The fourth-order valence-corrected chi connectivity index (χ4v) is 4.23. The topological polar surface area (TPSA) is 97.0 Å². The Labute approximate surface area is 212 Å². The predicted molar refractivity (Wildman–Crippen MR) is 137 cm³/mol. The number of benzene rings is 2. The van der Waals surface area contributed by atoms with Gasteiger partial charge in [-0.1, -0.05) is 62.1 Å². The Hall–Kier alpha value is -3.65. The summed E-state index contributed by atoms with van der Waals surface area (Å²) >= 11 is 0. The van der Waals surface area contributed by atoms with Crippen LogP contribution in [0.5, 0.6) is 11.5 Å². The van der Waals surface area contributed by atoms with Crippen LogP contribution in [0.25, 0.3) is 0 Å². The summed E-state index contributed by atoms with van der Waals surface area (Å²) in [6.07, 6.45) is 5.73. The van der Waals surface area contributed by atoms with Crippen molar-refractivity contribution < 1.29 is 24.0 Å². The number of carbonyl (C=O) groups is 3. The molecule has 0 radical (unpaired) electrons. The highest BCUT2D eigenvalue weighted by Gasteiger charge is 2.27. The van der Waals surface area contributed by atoms with E-state index < -0.39 is 5.92 Å². The van der Waals surface area contributed by atoms with Gasteiger partial charge in [0.1, 0.15) is 11.5 Å². The molecule has 36 heavy (non-hydrogen) atoms. The number of carbonyl (C=O) groups excluding carboxylic acids is 3. The largest absolute Gasteiger partial charge is 0.457 e. The number of hydrogen-bond acceptors (Lipinski definition) is 5. The minimum Gasteiger partial charge on any atom is -0.457 e. The summed E-state index contributed by atoms with van der Waals surface area (Å²) in [7, 11) is 0. The van der Waals surface area contributed by atoms with Crippen molar-refractivity contribution in [1.82, 2.24) is 15.7 Å². The lowest BCUT2D eigenvalue weighted by molar-refractivity contribution is -0.173. The van der Waals surface area contributed by atoms with Crippen LogP contribution in [0.2, 0.25) is 0 Å². The van der Waals surface area contributed by atoms with Gasteiger partial charge in [0.05, 0.1) is 25.7 Å². The zero-order chi connectivity index (χ0) is 25.8. The van der Waals surface area contributed by atoms with E-state index in [4.69, 9.17) is 9.57 Å². The van der Waals surface area contributed by atoms with Crippen LogP contribution in [0.15, 0.2) is 66.7 Å². The Morgan fingerprint density at radius 1 is 1.08 bits per heavy atom. The Morgan fingerprint density at radius 3 is 2.50 bits per heavy atom. The smallest absolute Gasteiger partial charge is 0.252 e. The molecule has 0 heterocycles. The third kappa shape index (κ3) is 8.85. The summed E-state index contributed by atoms with van der Waals surface area (Å²) in [4.78, 5) is 42.6. The molecular formula is C28H35N3O5. The summed E-state index contributed by atoms with van der Waals surface area (Å²) in [5.74, 6) is 0.653. The van der Waals surface area contributed by atoms with Crippen LogP contribution in [0.1, 0.15) is 49.4 Å². The molecule has 1 saturated carbocycles. The van der Waals surface area contributed by atoms with Crippen LogP contribution < -0.4 is 15.4 Å². The van der Waals surface area contributed by atoms with Gasteiger partial charge in [-0.3, -0.25) is 19.2 Å². The van der Waals surface area contributed by atoms with E-state index in [2.05, 4.69) is 17.2 Å². The summed E-state index contributed by atoms with van der Waals surface area (Å²) in [5.41, 5.74) is 1.19. The van der Waals surface area contributed by atoms with Gasteiger partial charge in [-0.05, 0) is 49.6 Å². The van der Waals surface area contributed by atoms with Crippen molar-refractivity contribution >= 4 is 18.2 Å². The SMILES string of the molecule is C=C(C)CON(C=O)C[C@@H](CC1CCCC1)C(=O)NCNC(=O)c1cccc(Oc2ccccc2)c1. The second-order valence-electron chi connectivity index (χ2n) is 9.19. The lowest BCUT2D eigenvalue weighted by Crippen LogP contribution is -2.44. The van der Waals surface area contributed by atoms with Crippen LogP contribution in [0.4, 0.5) is 0 Å². The summed E-state index contributed by atoms with van der Waals surface area (Å²) in [6, 6.07) is 16.1. The van der Waals surface area contributed by atoms with Crippen molar-refractivity contribution in [2.45, 2.75) is 39.0 Å². The van der Waals surface area contributed by atoms with E-state index in [0.29, 0.717) is 35.8 Å². The molecule has 0 bridgehead atoms. The molecule has 1 fully saturated rings. The van der Waals surface area contributed by atoms with Crippen molar-refractivity contribution in [1.29, 1.82) is 0 Å². The molecule has 8 nitrogen and oxygen atoms in total. The van der Waals surface area contributed by atoms with Gasteiger partial charge in [-0.15, -0.1) is 0 Å². The highest BCUT2D eigenvalue weighted by molar-refractivity contribution is 5.94. The minimum absolute atomic E-state index is 0.0314. The van der Waals surface area contributed by atoms with Crippen molar-refractivity contribution in [2.75, 3.05) is 19.8 Å². The lowest BCUT2D eigenvalue weighted by Gasteiger charge is -2.25. The normalized spacial score (nSPS) is 14.0. The molecule has 0 unspecified atom stereocenters. The Bertz CT molecular complexity index is 1020. The molecule has 0 saturated heterocycles. The molecule has 1 aliphatic rings. The predicted octanol–water partition coefficient (Wildman–Crippen LogP) is 4.45. The van der Waals surface area contributed by atoms with E-state index in [1.807, 2.05) is 30.3 Å². The number of hydroxylamine groups is 2. The van der Waals surface area contributed by atoms with E-state index >= 15 is 0 Å². The maximum atomic E-state index is 13.0. The zero-order valence-corrected chi connectivity index (χ0v) is 20.8.